The average Bonchev–Trinajstić information content (AvgIpc) is 3.97. The van der Waals surface area contributed by atoms with E-state index in [0.29, 0.717) is 0 Å². The topological polar surface area (TPSA) is 23.0 Å². The van der Waals surface area contributed by atoms with Gasteiger partial charge in [0.1, 0.15) is 11.2 Å². The number of hydrogen-bond acceptors (Lipinski definition) is 1. The first-order valence-corrected chi connectivity index (χ1v) is 20.5. The minimum absolute atomic E-state index is 0.881. The van der Waals surface area contributed by atoms with Gasteiger partial charge in [0, 0.05) is 43.7 Å². The number of furan rings is 1. The van der Waals surface area contributed by atoms with Crippen LogP contribution >= 0.6 is 0 Å². The van der Waals surface area contributed by atoms with Crippen molar-refractivity contribution in [3.63, 3.8) is 0 Å². The van der Waals surface area contributed by atoms with Crippen LogP contribution in [0.25, 0.3) is 110 Å². The van der Waals surface area contributed by atoms with Gasteiger partial charge in [0.15, 0.2) is 0 Å². The third-order valence-electron chi connectivity index (χ3n) is 11.7. The summed E-state index contributed by atoms with van der Waals surface area (Å²) in [5, 5.41) is 7.17. The molecule has 9 aromatic carbocycles. The Kier molecular flexibility index (Phi) is 8.27. The van der Waals surface area contributed by atoms with E-state index in [-0.39, 0.29) is 0 Å². The van der Waals surface area contributed by atoms with Gasteiger partial charge in [-0.05, 0) is 112 Å². The van der Waals surface area contributed by atoms with Crippen molar-refractivity contribution in [1.82, 2.24) is 9.13 Å². The summed E-state index contributed by atoms with van der Waals surface area (Å²) in [6.45, 7) is 4.00. The second-order valence-corrected chi connectivity index (χ2v) is 14.9. The fraction of sp³-hybridized carbons (Fsp3) is 0.0357. The lowest BCUT2D eigenvalue weighted by molar-refractivity contribution is 0.669. The molecule has 0 spiro atoms. The Morgan fingerprint density at radius 3 is 1.49 bits per heavy atom. The monoisotopic (exact) mass is 756 g/mol. The summed E-state index contributed by atoms with van der Waals surface area (Å²) in [6.07, 6.45) is 0. The van der Waals surface area contributed by atoms with Gasteiger partial charge in [-0.1, -0.05) is 141 Å². The lowest BCUT2D eigenvalue weighted by atomic mass is 9.98. The van der Waals surface area contributed by atoms with E-state index >= 15 is 0 Å². The predicted molar refractivity (Wildman–Crippen MR) is 250 cm³/mol. The van der Waals surface area contributed by atoms with Crippen LogP contribution in [0.15, 0.2) is 211 Å². The molecule has 0 saturated carbocycles. The van der Waals surface area contributed by atoms with E-state index in [2.05, 4.69) is 215 Å². The molecule has 0 aliphatic rings. The molecule has 0 atom stereocenters. The molecule has 0 aliphatic carbocycles. The molecular weight excluding hydrogens is 717 g/mol. The number of benzene rings is 9. The molecule has 0 N–H and O–H groups in total. The Bertz CT molecular complexity index is 3510. The molecule has 12 rings (SSSR count). The molecule has 0 saturated heterocycles. The van der Waals surface area contributed by atoms with Gasteiger partial charge >= 0.3 is 0 Å². The first-order chi connectivity index (χ1) is 29.2. The van der Waals surface area contributed by atoms with Crippen molar-refractivity contribution in [3.8, 4) is 44.8 Å². The van der Waals surface area contributed by atoms with Crippen LogP contribution in [0.4, 0.5) is 0 Å². The fourth-order valence-electron chi connectivity index (χ4n) is 9.03. The third-order valence-corrected chi connectivity index (χ3v) is 11.7. The van der Waals surface area contributed by atoms with E-state index in [4.69, 9.17) is 4.42 Å². The molecule has 3 nitrogen and oxygen atoms in total. The van der Waals surface area contributed by atoms with E-state index in [9.17, 15) is 0 Å². The normalized spacial score (nSPS) is 11.6. The van der Waals surface area contributed by atoms with Crippen molar-refractivity contribution in [2.24, 2.45) is 0 Å². The molecule has 3 aromatic heterocycles. The Morgan fingerprint density at radius 2 is 0.746 bits per heavy atom. The number of rotatable bonds is 5. The highest BCUT2D eigenvalue weighted by atomic mass is 16.3. The van der Waals surface area contributed by atoms with Gasteiger partial charge in [-0.2, -0.15) is 0 Å². The van der Waals surface area contributed by atoms with Crippen molar-refractivity contribution in [3.05, 3.63) is 206 Å². The minimum Gasteiger partial charge on any atom is -0.456 e. The standard InChI is InChI=1S/C54H34N2O.C2H6/c1-3-12-35(13-4-1)36-14-11-15-37(30-36)38-23-27-51-46(31-38)44-19-8-10-21-50(44)56(51)42-25-29-54-48(34-42)47-32-39(24-28-53(47)57-54)40-22-26-45-43-18-7-9-20-49(43)55(52(45)33-40)41-16-5-2-6-17-41;1-2/h1-34H;1-2H3. The van der Waals surface area contributed by atoms with Crippen LogP contribution < -0.4 is 0 Å². The van der Waals surface area contributed by atoms with Gasteiger partial charge < -0.3 is 13.6 Å². The fourth-order valence-corrected chi connectivity index (χ4v) is 9.03. The lowest BCUT2D eigenvalue weighted by Crippen LogP contribution is -1.93. The van der Waals surface area contributed by atoms with E-state index in [1.54, 1.807) is 0 Å². The van der Waals surface area contributed by atoms with Crippen LogP contribution in [0.5, 0.6) is 0 Å². The summed E-state index contributed by atoms with van der Waals surface area (Å²) in [7, 11) is 0. The molecule has 3 heteroatoms. The molecule has 0 radical (unpaired) electrons. The largest absolute Gasteiger partial charge is 0.456 e. The molecule has 0 unspecified atom stereocenters. The summed E-state index contributed by atoms with van der Waals surface area (Å²) in [6, 6.07) is 74.5. The second-order valence-electron chi connectivity index (χ2n) is 14.9. The maximum absolute atomic E-state index is 6.47. The summed E-state index contributed by atoms with van der Waals surface area (Å²) in [4.78, 5) is 0. The molecular formula is C56H40N2O. The number of para-hydroxylation sites is 3. The zero-order valence-corrected chi connectivity index (χ0v) is 32.9. The summed E-state index contributed by atoms with van der Waals surface area (Å²) in [5.74, 6) is 0. The highest BCUT2D eigenvalue weighted by Crippen LogP contribution is 2.40. The first kappa shape index (κ1) is 34.6. The molecule has 0 aliphatic heterocycles. The highest BCUT2D eigenvalue weighted by Gasteiger charge is 2.17. The van der Waals surface area contributed by atoms with Gasteiger partial charge in [0.05, 0.1) is 22.1 Å². The number of fused-ring (bicyclic) bond motifs is 9. The molecule has 12 aromatic rings. The zero-order valence-electron chi connectivity index (χ0n) is 32.9. The second kappa shape index (κ2) is 14.1. The molecule has 0 bridgehead atoms. The maximum atomic E-state index is 6.47. The molecule has 0 fully saturated rings. The zero-order chi connectivity index (χ0) is 39.5. The van der Waals surface area contributed by atoms with Gasteiger partial charge in [0.2, 0.25) is 0 Å². The quantitative estimate of drug-likeness (QED) is 0.171. The van der Waals surface area contributed by atoms with Gasteiger partial charge in [0.25, 0.3) is 0 Å². The van der Waals surface area contributed by atoms with E-state index in [1.165, 1.54) is 71.4 Å². The Hall–Kier alpha value is -7.62. The van der Waals surface area contributed by atoms with Crippen molar-refractivity contribution in [1.29, 1.82) is 0 Å². The van der Waals surface area contributed by atoms with Crippen LogP contribution in [0, 0.1) is 0 Å². The summed E-state index contributed by atoms with van der Waals surface area (Å²) < 4.78 is 11.2. The lowest BCUT2D eigenvalue weighted by Gasteiger charge is -2.10. The van der Waals surface area contributed by atoms with Crippen molar-refractivity contribution in [2.75, 3.05) is 0 Å². The molecule has 59 heavy (non-hydrogen) atoms. The van der Waals surface area contributed by atoms with Crippen LogP contribution in [-0.4, -0.2) is 9.13 Å². The Balaban J connectivity index is 0.00000196. The first-order valence-electron chi connectivity index (χ1n) is 20.5. The SMILES string of the molecule is CC.c1ccc(-c2cccc(-c3ccc4c(c3)c3ccccc3n4-c3ccc4oc5ccc(-c6ccc7c8ccccc8n(-c8ccccc8)c7c6)cc5c4c3)c2)cc1. The van der Waals surface area contributed by atoms with Crippen LogP contribution in [-0.2, 0) is 0 Å². The number of aromatic nitrogens is 2. The minimum atomic E-state index is 0.881. The summed E-state index contributed by atoms with van der Waals surface area (Å²) >= 11 is 0. The van der Waals surface area contributed by atoms with E-state index in [0.717, 1.165) is 38.9 Å². The third kappa shape index (κ3) is 5.66. The molecule has 0 amide bonds. The Morgan fingerprint density at radius 1 is 0.271 bits per heavy atom. The van der Waals surface area contributed by atoms with Crippen molar-refractivity contribution in [2.45, 2.75) is 13.8 Å². The predicted octanol–water partition coefficient (Wildman–Crippen LogP) is 15.8. The molecule has 3 heterocycles. The maximum Gasteiger partial charge on any atom is 0.135 e. The van der Waals surface area contributed by atoms with Crippen LogP contribution in [0.1, 0.15) is 13.8 Å². The summed E-state index contributed by atoms with van der Waals surface area (Å²) in [5.41, 5.74) is 16.0. The van der Waals surface area contributed by atoms with Crippen LogP contribution in [0.3, 0.4) is 0 Å². The number of nitrogens with zero attached hydrogens (tertiary/aromatic N) is 2. The van der Waals surface area contributed by atoms with E-state index in [1.807, 2.05) is 13.8 Å². The van der Waals surface area contributed by atoms with Crippen LogP contribution in [0.2, 0.25) is 0 Å². The Labute approximate surface area is 342 Å². The van der Waals surface area contributed by atoms with Gasteiger partial charge in [-0.25, -0.2) is 0 Å². The van der Waals surface area contributed by atoms with Crippen molar-refractivity contribution >= 4 is 65.6 Å². The highest BCUT2D eigenvalue weighted by molar-refractivity contribution is 6.13. The smallest absolute Gasteiger partial charge is 0.135 e. The van der Waals surface area contributed by atoms with E-state index < -0.39 is 0 Å². The molecule has 280 valence electrons. The van der Waals surface area contributed by atoms with Gasteiger partial charge in [-0.15, -0.1) is 0 Å². The van der Waals surface area contributed by atoms with Gasteiger partial charge in [-0.3, -0.25) is 0 Å². The number of hydrogen-bond donors (Lipinski definition) is 0. The van der Waals surface area contributed by atoms with Crippen molar-refractivity contribution < 1.29 is 4.42 Å². The average molecular weight is 757 g/mol.